The summed E-state index contributed by atoms with van der Waals surface area (Å²) in [4.78, 5) is 38.7. The van der Waals surface area contributed by atoms with Gasteiger partial charge in [-0.05, 0) is 37.6 Å². The average Bonchev–Trinajstić information content (AvgIpc) is 3.27. The molecule has 3 N–H and O–H groups in total. The molecule has 0 aliphatic rings. The van der Waals surface area contributed by atoms with Crippen molar-refractivity contribution >= 4 is 40.2 Å². The minimum atomic E-state index is -0.741. The van der Waals surface area contributed by atoms with Gasteiger partial charge in [-0.25, -0.2) is 19.3 Å². The second kappa shape index (κ2) is 10.1. The largest absolute Gasteiger partial charge is 0.356 e. The first-order valence-electron chi connectivity index (χ1n) is 10.9. The van der Waals surface area contributed by atoms with E-state index in [0.717, 1.165) is 0 Å². The molecule has 1 atom stereocenters. The zero-order chi connectivity index (χ0) is 24.1. The zero-order valence-corrected chi connectivity index (χ0v) is 18.7. The molecular formula is C24H24FN7O2. The molecule has 0 aliphatic carbocycles. The van der Waals surface area contributed by atoms with Gasteiger partial charge in [0.1, 0.15) is 23.7 Å². The third kappa shape index (κ3) is 4.70. The number of hydrogen-bond acceptors (Lipinski definition) is 6. The summed E-state index contributed by atoms with van der Waals surface area (Å²) in [5.41, 5.74) is 1.53. The van der Waals surface area contributed by atoms with Crippen molar-refractivity contribution in [2.45, 2.75) is 32.9 Å². The van der Waals surface area contributed by atoms with Crippen LogP contribution in [0.1, 0.15) is 30.6 Å². The Morgan fingerprint density at radius 1 is 1.00 bits per heavy atom. The highest BCUT2D eigenvalue weighted by atomic mass is 19.1. The van der Waals surface area contributed by atoms with Crippen LogP contribution in [-0.2, 0) is 11.3 Å². The smallest absolute Gasteiger partial charge is 0.260 e. The lowest BCUT2D eigenvalue weighted by atomic mass is 10.1. The van der Waals surface area contributed by atoms with E-state index in [0.29, 0.717) is 35.6 Å². The number of aromatic nitrogens is 4. The molecule has 34 heavy (non-hydrogen) atoms. The third-order valence-corrected chi connectivity index (χ3v) is 5.31. The number of fused-ring (bicyclic) bond motifs is 1. The molecule has 2 amide bonds. The number of aryl methyl sites for hydroxylation is 1. The molecule has 0 saturated carbocycles. The van der Waals surface area contributed by atoms with Crippen LogP contribution in [0.25, 0.3) is 11.2 Å². The van der Waals surface area contributed by atoms with Crippen LogP contribution in [0.2, 0.25) is 0 Å². The van der Waals surface area contributed by atoms with Crippen LogP contribution >= 0.6 is 0 Å². The first-order valence-corrected chi connectivity index (χ1v) is 10.9. The zero-order valence-electron chi connectivity index (χ0n) is 18.7. The summed E-state index contributed by atoms with van der Waals surface area (Å²) in [5, 5.41) is 8.43. The van der Waals surface area contributed by atoms with E-state index in [9.17, 15) is 14.0 Å². The molecule has 9 nitrogen and oxygen atoms in total. The normalized spacial score (nSPS) is 11.7. The van der Waals surface area contributed by atoms with E-state index in [4.69, 9.17) is 0 Å². The molecule has 0 aliphatic heterocycles. The standard InChI is InChI=1S/C24H24FN7O2/c1-3-17(30-21-20-22(27-13-26-21)32(4-2)14-28-20)23(33)31-18-12-8-11-16(25)19(18)24(34)29-15-9-6-5-7-10-15/h5-14,17H,3-4H2,1-2H3,(H,29,34)(H,31,33)(H,26,27,30)/t17-/m0/s1. The van der Waals surface area contributed by atoms with E-state index >= 15 is 0 Å². The SMILES string of the molecule is CC[C@H](Nc1ncnc2c1ncn2CC)C(=O)Nc1cccc(F)c1C(=O)Nc1ccccc1. The molecule has 2 aromatic heterocycles. The van der Waals surface area contributed by atoms with Crippen LogP contribution in [0.4, 0.5) is 21.6 Å². The Balaban J connectivity index is 1.55. The summed E-state index contributed by atoms with van der Waals surface area (Å²) in [6.45, 7) is 4.50. The fraction of sp³-hybridized carbons (Fsp3) is 0.208. The highest BCUT2D eigenvalue weighted by molar-refractivity contribution is 6.11. The number of imidazole rings is 1. The summed E-state index contributed by atoms with van der Waals surface area (Å²) < 4.78 is 16.5. The predicted octanol–water partition coefficient (Wildman–Crippen LogP) is 4.07. The van der Waals surface area contributed by atoms with Crippen molar-refractivity contribution < 1.29 is 14.0 Å². The van der Waals surface area contributed by atoms with Gasteiger partial charge in [0.15, 0.2) is 11.5 Å². The highest BCUT2D eigenvalue weighted by Gasteiger charge is 2.23. The minimum absolute atomic E-state index is 0.0711. The van der Waals surface area contributed by atoms with E-state index in [-0.39, 0.29) is 11.3 Å². The van der Waals surface area contributed by atoms with Crippen molar-refractivity contribution in [1.82, 2.24) is 19.5 Å². The van der Waals surface area contributed by atoms with E-state index in [1.807, 2.05) is 18.4 Å². The van der Waals surface area contributed by atoms with Gasteiger partial charge in [0, 0.05) is 12.2 Å². The number of para-hydroxylation sites is 1. The lowest BCUT2D eigenvalue weighted by Gasteiger charge is -2.19. The van der Waals surface area contributed by atoms with E-state index in [2.05, 4.69) is 30.9 Å². The molecule has 0 unspecified atom stereocenters. The molecule has 0 saturated heterocycles. The number of nitrogens with one attached hydrogen (secondary N) is 3. The number of amides is 2. The van der Waals surface area contributed by atoms with Crippen molar-refractivity contribution in [3.63, 3.8) is 0 Å². The van der Waals surface area contributed by atoms with Crippen molar-refractivity contribution in [3.8, 4) is 0 Å². The number of carbonyl (C=O) groups excluding carboxylic acids is 2. The van der Waals surface area contributed by atoms with Crippen LogP contribution in [0.3, 0.4) is 0 Å². The fourth-order valence-electron chi connectivity index (χ4n) is 3.53. The van der Waals surface area contributed by atoms with E-state index in [1.54, 1.807) is 36.7 Å². The summed E-state index contributed by atoms with van der Waals surface area (Å²) >= 11 is 0. The lowest BCUT2D eigenvalue weighted by Crippen LogP contribution is -2.35. The van der Waals surface area contributed by atoms with Crippen LogP contribution < -0.4 is 16.0 Å². The number of benzene rings is 2. The van der Waals surface area contributed by atoms with Gasteiger partial charge >= 0.3 is 0 Å². The van der Waals surface area contributed by atoms with Crippen molar-refractivity contribution in [1.29, 1.82) is 0 Å². The van der Waals surface area contributed by atoms with Crippen LogP contribution in [0.15, 0.2) is 61.2 Å². The van der Waals surface area contributed by atoms with E-state index in [1.165, 1.54) is 24.5 Å². The van der Waals surface area contributed by atoms with Gasteiger partial charge in [0.2, 0.25) is 5.91 Å². The number of anilines is 3. The maximum absolute atomic E-state index is 14.6. The summed E-state index contributed by atoms with van der Waals surface area (Å²) in [6, 6.07) is 12.1. The molecule has 4 aromatic rings. The van der Waals surface area contributed by atoms with Crippen molar-refractivity contribution in [2.24, 2.45) is 0 Å². The van der Waals surface area contributed by atoms with Crippen LogP contribution in [-0.4, -0.2) is 37.4 Å². The minimum Gasteiger partial charge on any atom is -0.356 e. The maximum atomic E-state index is 14.6. The monoisotopic (exact) mass is 461 g/mol. The van der Waals surface area contributed by atoms with Gasteiger partial charge in [-0.15, -0.1) is 0 Å². The summed E-state index contributed by atoms with van der Waals surface area (Å²) in [5.74, 6) is -1.43. The molecule has 0 radical (unpaired) electrons. The molecule has 10 heteroatoms. The number of rotatable bonds is 8. The Morgan fingerprint density at radius 2 is 1.79 bits per heavy atom. The van der Waals surface area contributed by atoms with Gasteiger partial charge in [-0.2, -0.15) is 0 Å². The number of carbonyl (C=O) groups is 2. The summed E-state index contributed by atoms with van der Waals surface area (Å²) in [6.07, 6.45) is 3.48. The van der Waals surface area contributed by atoms with Gasteiger partial charge in [0.25, 0.3) is 5.91 Å². The first kappa shape index (κ1) is 22.8. The van der Waals surface area contributed by atoms with Gasteiger partial charge in [-0.3, -0.25) is 9.59 Å². The van der Waals surface area contributed by atoms with Crippen molar-refractivity contribution in [3.05, 3.63) is 72.6 Å². The molecular weight excluding hydrogens is 437 g/mol. The topological polar surface area (TPSA) is 114 Å². The Hall–Kier alpha value is -4.34. The predicted molar refractivity (Wildman–Crippen MR) is 128 cm³/mol. The van der Waals surface area contributed by atoms with Gasteiger partial charge in [0.05, 0.1) is 17.6 Å². The molecule has 174 valence electrons. The molecule has 0 bridgehead atoms. The van der Waals surface area contributed by atoms with Crippen molar-refractivity contribution in [2.75, 3.05) is 16.0 Å². The quantitative estimate of drug-likeness (QED) is 0.365. The van der Waals surface area contributed by atoms with Crippen LogP contribution in [0.5, 0.6) is 0 Å². The fourth-order valence-corrected chi connectivity index (χ4v) is 3.53. The lowest BCUT2D eigenvalue weighted by molar-refractivity contribution is -0.117. The molecule has 0 spiro atoms. The average molecular weight is 462 g/mol. The maximum Gasteiger partial charge on any atom is 0.260 e. The molecule has 2 aromatic carbocycles. The molecule has 2 heterocycles. The number of hydrogen-bond donors (Lipinski definition) is 3. The molecule has 0 fully saturated rings. The van der Waals surface area contributed by atoms with Crippen LogP contribution in [0, 0.1) is 5.82 Å². The third-order valence-electron chi connectivity index (χ3n) is 5.31. The number of halogens is 1. The first-order chi connectivity index (χ1) is 16.5. The Kier molecular flexibility index (Phi) is 6.77. The Bertz CT molecular complexity index is 1320. The van der Waals surface area contributed by atoms with Gasteiger partial charge in [-0.1, -0.05) is 31.2 Å². The van der Waals surface area contributed by atoms with E-state index < -0.39 is 23.7 Å². The Morgan fingerprint density at radius 3 is 2.53 bits per heavy atom. The Labute approximate surface area is 195 Å². The second-order valence-electron chi connectivity index (χ2n) is 7.50. The summed E-state index contributed by atoms with van der Waals surface area (Å²) in [7, 11) is 0. The second-order valence-corrected chi connectivity index (χ2v) is 7.50. The number of nitrogens with zero attached hydrogens (tertiary/aromatic N) is 4. The molecule has 4 rings (SSSR count). The highest BCUT2D eigenvalue weighted by Crippen LogP contribution is 2.23. The van der Waals surface area contributed by atoms with Gasteiger partial charge < -0.3 is 20.5 Å².